The van der Waals surface area contributed by atoms with E-state index in [1.165, 1.54) is 4.90 Å². The Morgan fingerprint density at radius 3 is 2.38 bits per heavy atom. The van der Waals surface area contributed by atoms with E-state index in [-0.39, 0.29) is 11.8 Å². The molecule has 5 nitrogen and oxygen atoms in total. The minimum Gasteiger partial charge on any atom is -0.347 e. The predicted molar refractivity (Wildman–Crippen MR) is 83.7 cm³/mol. The number of benzene rings is 1. The Morgan fingerprint density at radius 1 is 1.24 bits per heavy atom. The second kappa shape index (κ2) is 8.42. The van der Waals surface area contributed by atoms with Crippen LogP contribution in [0.1, 0.15) is 25.3 Å². The Hall–Kier alpha value is -1.88. The van der Waals surface area contributed by atoms with Crippen LogP contribution in [-0.4, -0.2) is 42.9 Å². The highest BCUT2D eigenvalue weighted by atomic mass is 16.2. The maximum Gasteiger partial charge on any atom is 0.244 e. The molecule has 1 rings (SSSR count). The maximum atomic E-state index is 12.2. The van der Waals surface area contributed by atoms with Crippen LogP contribution in [0.15, 0.2) is 30.3 Å². The van der Waals surface area contributed by atoms with Crippen molar-refractivity contribution < 1.29 is 9.59 Å². The van der Waals surface area contributed by atoms with Crippen LogP contribution in [-0.2, 0) is 16.0 Å². The van der Waals surface area contributed by atoms with Gasteiger partial charge in [0.1, 0.15) is 6.04 Å². The lowest BCUT2D eigenvalue weighted by atomic mass is 10.0. The van der Waals surface area contributed by atoms with E-state index in [9.17, 15) is 9.59 Å². The number of hydrogen-bond donors (Lipinski definition) is 2. The van der Waals surface area contributed by atoms with Gasteiger partial charge in [-0.05, 0) is 12.0 Å². The third-order valence-electron chi connectivity index (χ3n) is 3.27. The van der Waals surface area contributed by atoms with Crippen LogP contribution in [0.25, 0.3) is 0 Å². The van der Waals surface area contributed by atoms with E-state index in [1.54, 1.807) is 14.1 Å². The Bertz CT molecular complexity index is 460. The fraction of sp³-hybridized carbons (Fsp3) is 0.500. The van der Waals surface area contributed by atoms with Crippen LogP contribution in [0.2, 0.25) is 0 Å². The number of rotatable bonds is 7. The zero-order valence-corrected chi connectivity index (χ0v) is 13.0. The fourth-order valence-electron chi connectivity index (χ4n) is 2.08. The van der Waals surface area contributed by atoms with Crippen LogP contribution in [0.3, 0.4) is 0 Å². The van der Waals surface area contributed by atoms with Crippen LogP contribution in [0, 0.1) is 0 Å². The molecule has 3 N–H and O–H groups in total. The number of likely N-dealkylation sites (N-methyl/N-ethyl adjacent to an activating group) is 1. The summed E-state index contributed by atoms with van der Waals surface area (Å²) in [7, 11) is 3.36. The summed E-state index contributed by atoms with van der Waals surface area (Å²) in [5.41, 5.74) is 6.81. The lowest BCUT2D eigenvalue weighted by molar-refractivity contribution is -0.134. The highest BCUT2D eigenvalue weighted by molar-refractivity contribution is 5.89. The molecule has 116 valence electrons. The molecule has 2 amide bonds. The van der Waals surface area contributed by atoms with Gasteiger partial charge in [-0.15, -0.1) is 0 Å². The monoisotopic (exact) mass is 291 g/mol. The van der Waals surface area contributed by atoms with Crippen molar-refractivity contribution >= 4 is 11.8 Å². The van der Waals surface area contributed by atoms with Crippen molar-refractivity contribution in [2.24, 2.45) is 5.73 Å². The van der Waals surface area contributed by atoms with Crippen molar-refractivity contribution in [1.82, 2.24) is 10.2 Å². The molecule has 0 fully saturated rings. The van der Waals surface area contributed by atoms with Gasteiger partial charge >= 0.3 is 0 Å². The van der Waals surface area contributed by atoms with Gasteiger partial charge in [-0.2, -0.15) is 0 Å². The second-order valence-electron chi connectivity index (χ2n) is 5.38. The zero-order chi connectivity index (χ0) is 15.8. The van der Waals surface area contributed by atoms with Gasteiger partial charge in [-0.3, -0.25) is 9.59 Å². The first-order valence-corrected chi connectivity index (χ1v) is 7.26. The Kier molecular flexibility index (Phi) is 6.88. The van der Waals surface area contributed by atoms with Crippen molar-refractivity contribution in [3.8, 4) is 0 Å². The van der Waals surface area contributed by atoms with Crippen LogP contribution in [0.4, 0.5) is 0 Å². The summed E-state index contributed by atoms with van der Waals surface area (Å²) in [5.74, 6) is -0.399. The van der Waals surface area contributed by atoms with E-state index in [2.05, 4.69) is 5.32 Å². The van der Waals surface area contributed by atoms with Gasteiger partial charge in [0.15, 0.2) is 0 Å². The molecular formula is C16H25N3O2. The molecule has 2 atom stereocenters. The molecule has 0 heterocycles. The first-order valence-electron chi connectivity index (χ1n) is 7.26. The zero-order valence-electron chi connectivity index (χ0n) is 13.0. The van der Waals surface area contributed by atoms with Gasteiger partial charge < -0.3 is 16.0 Å². The normalized spacial score (nSPS) is 13.3. The van der Waals surface area contributed by atoms with Gasteiger partial charge in [0.05, 0.1) is 6.04 Å². The van der Waals surface area contributed by atoms with Gasteiger partial charge in [0.2, 0.25) is 11.8 Å². The Morgan fingerprint density at radius 2 is 1.86 bits per heavy atom. The van der Waals surface area contributed by atoms with Crippen LogP contribution in [0.5, 0.6) is 0 Å². The van der Waals surface area contributed by atoms with Crippen molar-refractivity contribution in [2.45, 2.75) is 38.3 Å². The third-order valence-corrected chi connectivity index (χ3v) is 3.27. The number of carbonyl (C=O) groups excluding carboxylic acids is 2. The number of hydrogen-bond acceptors (Lipinski definition) is 3. The minimum absolute atomic E-state index is 0.129. The summed E-state index contributed by atoms with van der Waals surface area (Å²) in [6.07, 6.45) is 1.90. The van der Waals surface area contributed by atoms with Gasteiger partial charge in [-0.25, -0.2) is 0 Å². The number of nitrogens with zero attached hydrogens (tertiary/aromatic N) is 1. The SMILES string of the molecule is CCCC(N)C(=O)NC(Cc1ccccc1)C(=O)N(C)C. The highest BCUT2D eigenvalue weighted by Crippen LogP contribution is 2.06. The third kappa shape index (κ3) is 5.55. The Labute approximate surface area is 126 Å². The van der Waals surface area contributed by atoms with Crippen LogP contribution < -0.4 is 11.1 Å². The van der Waals surface area contributed by atoms with Crippen molar-refractivity contribution in [3.63, 3.8) is 0 Å². The lowest BCUT2D eigenvalue weighted by Gasteiger charge is -2.23. The lowest BCUT2D eigenvalue weighted by Crippen LogP contribution is -2.52. The predicted octanol–water partition coefficient (Wildman–Crippen LogP) is 0.930. The molecule has 5 heteroatoms. The first kappa shape index (κ1) is 17.2. The van der Waals surface area contributed by atoms with E-state index < -0.39 is 12.1 Å². The second-order valence-corrected chi connectivity index (χ2v) is 5.38. The van der Waals surface area contributed by atoms with E-state index in [1.807, 2.05) is 37.3 Å². The molecular weight excluding hydrogens is 266 g/mol. The average Bonchev–Trinajstić information content (AvgIpc) is 2.46. The molecule has 0 spiro atoms. The summed E-state index contributed by atoms with van der Waals surface area (Å²) in [6.45, 7) is 1.97. The first-order chi connectivity index (χ1) is 9.95. The van der Waals surface area contributed by atoms with Crippen molar-refractivity contribution in [1.29, 1.82) is 0 Å². The Balaban J connectivity index is 2.78. The summed E-state index contributed by atoms with van der Waals surface area (Å²) in [4.78, 5) is 25.8. The molecule has 0 aromatic heterocycles. The van der Waals surface area contributed by atoms with Crippen LogP contribution >= 0.6 is 0 Å². The minimum atomic E-state index is -0.585. The smallest absolute Gasteiger partial charge is 0.244 e. The molecule has 21 heavy (non-hydrogen) atoms. The van der Waals surface area contributed by atoms with E-state index in [0.717, 1.165) is 12.0 Å². The molecule has 1 aromatic rings. The molecule has 0 aliphatic carbocycles. The van der Waals surface area contributed by atoms with Gasteiger partial charge in [0.25, 0.3) is 0 Å². The number of amides is 2. The standard InChI is InChI=1S/C16H25N3O2/c1-4-8-13(17)15(20)18-14(16(21)19(2)3)11-12-9-6-5-7-10-12/h5-7,9-10,13-14H,4,8,11,17H2,1-3H3,(H,18,20). The summed E-state index contributed by atoms with van der Waals surface area (Å²) in [6, 6.07) is 8.47. The van der Waals surface area contributed by atoms with E-state index >= 15 is 0 Å². The van der Waals surface area contributed by atoms with Crippen molar-refractivity contribution in [3.05, 3.63) is 35.9 Å². The molecule has 0 radical (unpaired) electrons. The molecule has 1 aromatic carbocycles. The van der Waals surface area contributed by atoms with Gasteiger partial charge in [0, 0.05) is 20.5 Å². The molecule has 2 unspecified atom stereocenters. The fourth-order valence-corrected chi connectivity index (χ4v) is 2.08. The quantitative estimate of drug-likeness (QED) is 0.784. The van der Waals surface area contributed by atoms with E-state index in [0.29, 0.717) is 12.8 Å². The number of nitrogens with two attached hydrogens (primary N) is 1. The summed E-state index contributed by atoms with van der Waals surface area (Å²) >= 11 is 0. The largest absolute Gasteiger partial charge is 0.347 e. The van der Waals surface area contributed by atoms with Gasteiger partial charge in [-0.1, -0.05) is 43.7 Å². The molecule has 0 aliphatic heterocycles. The maximum absolute atomic E-state index is 12.2. The molecule has 0 bridgehead atoms. The molecule has 0 saturated heterocycles. The molecule has 0 aliphatic rings. The average molecular weight is 291 g/mol. The highest BCUT2D eigenvalue weighted by Gasteiger charge is 2.24. The summed E-state index contributed by atoms with van der Waals surface area (Å²) < 4.78 is 0. The number of carbonyl (C=O) groups is 2. The topological polar surface area (TPSA) is 75.4 Å². The van der Waals surface area contributed by atoms with E-state index in [4.69, 9.17) is 5.73 Å². The molecule has 0 saturated carbocycles. The summed E-state index contributed by atoms with van der Waals surface area (Å²) in [5, 5.41) is 2.78. The number of nitrogens with one attached hydrogen (secondary N) is 1. The van der Waals surface area contributed by atoms with Crippen molar-refractivity contribution in [2.75, 3.05) is 14.1 Å².